The summed E-state index contributed by atoms with van der Waals surface area (Å²) < 4.78 is 58.3. The first-order valence-corrected chi connectivity index (χ1v) is 11.3. The minimum atomic E-state index is -3.77. The highest BCUT2D eigenvalue weighted by atomic mass is 32.2. The molecule has 0 radical (unpaired) electrons. The average Bonchev–Trinajstić information content (AvgIpc) is 2.70. The summed E-state index contributed by atoms with van der Waals surface area (Å²) in [6, 6.07) is 11.8. The van der Waals surface area contributed by atoms with Gasteiger partial charge in [-0.2, -0.15) is 4.98 Å². The Morgan fingerprint density at radius 1 is 0.969 bits per heavy atom. The monoisotopic (exact) mass is 463 g/mol. The molecule has 0 unspecified atom stereocenters. The molecule has 8 nitrogen and oxygen atoms in total. The molecule has 0 fully saturated rings. The largest absolute Gasteiger partial charge is 0.497 e. The minimum absolute atomic E-state index is 0.0271. The summed E-state index contributed by atoms with van der Waals surface area (Å²) in [4.78, 5) is 8.65. The molecule has 0 amide bonds. The SMILES string of the molecule is COc1ccc(Nc2cc(C)nc(NCCNS(=O)(=O)Cc3cc(F)cc(F)c3)n2)cc1. The Bertz CT molecular complexity index is 1150. The molecule has 2 aromatic carbocycles. The molecule has 0 saturated carbocycles. The second-order valence-electron chi connectivity index (χ2n) is 6.93. The Labute approximate surface area is 185 Å². The number of aromatic nitrogens is 2. The lowest BCUT2D eigenvalue weighted by atomic mass is 10.2. The lowest BCUT2D eigenvalue weighted by Crippen LogP contribution is -2.30. The van der Waals surface area contributed by atoms with Gasteiger partial charge in [0.25, 0.3) is 0 Å². The third-order valence-corrected chi connectivity index (χ3v) is 5.58. The first-order valence-electron chi connectivity index (χ1n) is 9.65. The van der Waals surface area contributed by atoms with Crippen molar-refractivity contribution in [1.29, 1.82) is 0 Å². The van der Waals surface area contributed by atoms with E-state index in [1.54, 1.807) is 13.2 Å². The van der Waals surface area contributed by atoms with Crippen LogP contribution in [-0.2, 0) is 15.8 Å². The molecule has 3 rings (SSSR count). The number of ether oxygens (including phenoxy) is 1. The normalized spacial score (nSPS) is 11.2. The molecule has 0 spiro atoms. The zero-order valence-electron chi connectivity index (χ0n) is 17.5. The van der Waals surface area contributed by atoms with Gasteiger partial charge in [-0.1, -0.05) is 0 Å². The first kappa shape index (κ1) is 23.4. The number of sulfonamides is 1. The molecule has 0 aliphatic carbocycles. The fraction of sp³-hybridized carbons (Fsp3) is 0.238. The van der Waals surface area contributed by atoms with Gasteiger partial charge in [0.1, 0.15) is 23.2 Å². The van der Waals surface area contributed by atoms with Crippen LogP contribution >= 0.6 is 0 Å². The number of nitrogens with one attached hydrogen (secondary N) is 3. The van der Waals surface area contributed by atoms with Crippen LogP contribution < -0.4 is 20.1 Å². The second-order valence-corrected chi connectivity index (χ2v) is 8.74. The van der Waals surface area contributed by atoms with Gasteiger partial charge in [0, 0.05) is 36.6 Å². The number of aryl methyl sites for hydroxylation is 1. The van der Waals surface area contributed by atoms with E-state index in [2.05, 4.69) is 25.3 Å². The molecule has 3 aromatic rings. The van der Waals surface area contributed by atoms with E-state index >= 15 is 0 Å². The Morgan fingerprint density at radius 2 is 1.66 bits per heavy atom. The van der Waals surface area contributed by atoms with Crippen molar-refractivity contribution in [3.63, 3.8) is 0 Å². The molecule has 0 aliphatic heterocycles. The Hall–Kier alpha value is -3.31. The lowest BCUT2D eigenvalue weighted by Gasteiger charge is -2.11. The Kier molecular flexibility index (Phi) is 7.54. The summed E-state index contributed by atoms with van der Waals surface area (Å²) in [6.07, 6.45) is 0. The van der Waals surface area contributed by atoms with Gasteiger partial charge in [-0.05, 0) is 48.9 Å². The summed E-state index contributed by atoms with van der Waals surface area (Å²) >= 11 is 0. The summed E-state index contributed by atoms with van der Waals surface area (Å²) in [7, 11) is -2.18. The van der Waals surface area contributed by atoms with Crippen LogP contribution in [0.1, 0.15) is 11.3 Å². The Morgan fingerprint density at radius 3 is 2.31 bits per heavy atom. The Balaban J connectivity index is 1.53. The topological polar surface area (TPSA) is 105 Å². The van der Waals surface area contributed by atoms with Crippen molar-refractivity contribution in [3.8, 4) is 5.75 Å². The molecule has 0 saturated heterocycles. The molecule has 0 atom stereocenters. The maximum atomic E-state index is 13.2. The van der Waals surface area contributed by atoms with Crippen LogP contribution in [0.3, 0.4) is 0 Å². The van der Waals surface area contributed by atoms with E-state index in [4.69, 9.17) is 4.74 Å². The molecule has 0 aliphatic rings. The number of anilines is 3. The number of hydrogen-bond acceptors (Lipinski definition) is 7. The van der Waals surface area contributed by atoms with E-state index in [1.807, 2.05) is 31.2 Å². The molecule has 0 bridgehead atoms. The van der Waals surface area contributed by atoms with Gasteiger partial charge in [0.15, 0.2) is 0 Å². The van der Waals surface area contributed by atoms with Gasteiger partial charge in [0.05, 0.1) is 12.9 Å². The fourth-order valence-electron chi connectivity index (χ4n) is 2.88. The summed E-state index contributed by atoms with van der Waals surface area (Å²) in [5.74, 6) is -0.550. The molecule has 3 N–H and O–H groups in total. The number of benzene rings is 2. The van der Waals surface area contributed by atoms with E-state index < -0.39 is 27.4 Å². The van der Waals surface area contributed by atoms with Crippen LogP contribution in [0, 0.1) is 18.6 Å². The molecule has 1 aromatic heterocycles. The maximum Gasteiger partial charge on any atom is 0.224 e. The predicted octanol–water partition coefficient (Wildman–Crippen LogP) is 3.35. The summed E-state index contributed by atoms with van der Waals surface area (Å²) in [5.41, 5.74) is 1.56. The fourth-order valence-corrected chi connectivity index (χ4v) is 4.00. The highest BCUT2D eigenvalue weighted by Gasteiger charge is 2.13. The van der Waals surface area contributed by atoms with Crippen molar-refractivity contribution in [2.75, 3.05) is 30.8 Å². The van der Waals surface area contributed by atoms with E-state index in [9.17, 15) is 17.2 Å². The number of methoxy groups -OCH3 is 1. The van der Waals surface area contributed by atoms with Crippen molar-refractivity contribution in [3.05, 3.63) is 71.4 Å². The lowest BCUT2D eigenvalue weighted by molar-refractivity contribution is 0.415. The van der Waals surface area contributed by atoms with Crippen molar-refractivity contribution < 1.29 is 21.9 Å². The second kappa shape index (κ2) is 10.3. The number of hydrogen-bond donors (Lipinski definition) is 3. The van der Waals surface area contributed by atoms with E-state index in [0.717, 1.165) is 23.6 Å². The molecule has 170 valence electrons. The van der Waals surface area contributed by atoms with Gasteiger partial charge in [0.2, 0.25) is 16.0 Å². The molecular weight excluding hydrogens is 440 g/mol. The summed E-state index contributed by atoms with van der Waals surface area (Å²) in [6.45, 7) is 2.06. The first-order chi connectivity index (χ1) is 15.2. The van der Waals surface area contributed by atoms with Gasteiger partial charge >= 0.3 is 0 Å². The average molecular weight is 464 g/mol. The van der Waals surface area contributed by atoms with Crippen molar-refractivity contribution in [2.24, 2.45) is 0 Å². The molecule has 32 heavy (non-hydrogen) atoms. The smallest absolute Gasteiger partial charge is 0.224 e. The zero-order valence-corrected chi connectivity index (χ0v) is 18.3. The highest BCUT2D eigenvalue weighted by molar-refractivity contribution is 7.88. The van der Waals surface area contributed by atoms with Crippen LogP contribution in [0.2, 0.25) is 0 Å². The number of halogens is 2. The van der Waals surface area contributed by atoms with Crippen LogP contribution in [-0.4, -0.2) is 38.6 Å². The number of rotatable bonds is 10. The molecule has 1 heterocycles. The van der Waals surface area contributed by atoms with Gasteiger partial charge in [-0.15, -0.1) is 0 Å². The molecule has 11 heteroatoms. The number of nitrogens with zero attached hydrogens (tertiary/aromatic N) is 2. The van der Waals surface area contributed by atoms with E-state index in [0.29, 0.717) is 23.5 Å². The van der Waals surface area contributed by atoms with Crippen LogP contribution in [0.15, 0.2) is 48.5 Å². The van der Waals surface area contributed by atoms with Crippen molar-refractivity contribution >= 4 is 27.5 Å². The standard InChI is InChI=1S/C21H23F2N5O3S/c1-14-9-20(27-18-3-5-19(31-2)6-4-18)28-21(26-14)24-7-8-25-32(29,30)13-15-10-16(22)12-17(23)11-15/h3-6,9-12,25H,7-8,13H2,1-2H3,(H2,24,26,27,28). The van der Waals surface area contributed by atoms with Crippen molar-refractivity contribution in [2.45, 2.75) is 12.7 Å². The van der Waals surface area contributed by atoms with Crippen LogP contribution in [0.5, 0.6) is 5.75 Å². The van der Waals surface area contributed by atoms with E-state index in [1.165, 1.54) is 0 Å². The maximum absolute atomic E-state index is 13.2. The van der Waals surface area contributed by atoms with E-state index in [-0.39, 0.29) is 18.7 Å². The predicted molar refractivity (Wildman–Crippen MR) is 119 cm³/mol. The van der Waals surface area contributed by atoms with Crippen LogP contribution in [0.25, 0.3) is 0 Å². The van der Waals surface area contributed by atoms with Gasteiger partial charge < -0.3 is 15.4 Å². The third kappa shape index (κ3) is 7.13. The van der Waals surface area contributed by atoms with Crippen LogP contribution in [0.4, 0.5) is 26.2 Å². The van der Waals surface area contributed by atoms with Gasteiger partial charge in [-0.25, -0.2) is 26.9 Å². The van der Waals surface area contributed by atoms with Crippen molar-refractivity contribution in [1.82, 2.24) is 14.7 Å². The molecular formula is C21H23F2N5O3S. The minimum Gasteiger partial charge on any atom is -0.497 e. The summed E-state index contributed by atoms with van der Waals surface area (Å²) in [5, 5.41) is 6.12. The zero-order chi connectivity index (χ0) is 23.1. The quantitative estimate of drug-likeness (QED) is 0.396. The van der Waals surface area contributed by atoms with Gasteiger partial charge in [-0.3, -0.25) is 0 Å². The third-order valence-electron chi connectivity index (χ3n) is 4.23. The highest BCUT2D eigenvalue weighted by Crippen LogP contribution is 2.20.